The van der Waals surface area contributed by atoms with Crippen LogP contribution in [0, 0.1) is 0 Å². The van der Waals surface area contributed by atoms with Crippen molar-refractivity contribution in [2.75, 3.05) is 13.3 Å². The lowest BCUT2D eigenvalue weighted by Crippen LogP contribution is -2.47. The van der Waals surface area contributed by atoms with Crippen molar-refractivity contribution in [3.63, 3.8) is 0 Å². The van der Waals surface area contributed by atoms with Gasteiger partial charge in [-0.15, -0.1) is 24.0 Å². The fourth-order valence-electron chi connectivity index (χ4n) is 1.78. The summed E-state index contributed by atoms with van der Waals surface area (Å²) in [6.07, 6.45) is 1.24. The Labute approximate surface area is 150 Å². The maximum Gasteiger partial charge on any atom is 0.191 e. The predicted octanol–water partition coefficient (Wildman–Crippen LogP) is 2.31. The van der Waals surface area contributed by atoms with E-state index < -0.39 is 9.84 Å². The van der Waals surface area contributed by atoms with Crippen molar-refractivity contribution >= 4 is 39.8 Å². The Morgan fingerprint density at radius 1 is 1.14 bits per heavy atom. The summed E-state index contributed by atoms with van der Waals surface area (Å²) in [4.78, 5) is 4.17. The first kappa shape index (κ1) is 21.2. The highest BCUT2D eigenvalue weighted by molar-refractivity contribution is 14.0. The molecule has 0 aliphatic rings. The minimum absolute atomic E-state index is 0. The number of hydrogen-bond acceptors (Lipinski definition) is 3. The summed E-state index contributed by atoms with van der Waals surface area (Å²) in [6.45, 7) is 6.84. The molecule has 0 fully saturated rings. The van der Waals surface area contributed by atoms with Crippen LogP contribution in [0.2, 0.25) is 0 Å². The van der Waals surface area contributed by atoms with Crippen LogP contribution in [0.4, 0.5) is 0 Å². The minimum Gasteiger partial charge on any atom is -0.352 e. The highest BCUT2D eigenvalue weighted by atomic mass is 127. The smallest absolute Gasteiger partial charge is 0.191 e. The van der Waals surface area contributed by atoms with Crippen LogP contribution in [0.1, 0.15) is 31.9 Å². The molecule has 0 spiro atoms. The van der Waals surface area contributed by atoms with Gasteiger partial charge in [0.1, 0.15) is 0 Å². The van der Waals surface area contributed by atoms with E-state index in [0.717, 1.165) is 17.1 Å². The maximum absolute atomic E-state index is 11.2. The number of rotatable bonds is 4. The number of halogens is 1. The van der Waals surface area contributed by atoms with Crippen LogP contribution in [-0.2, 0) is 22.1 Å². The third kappa shape index (κ3) is 9.24. The van der Waals surface area contributed by atoms with Crippen LogP contribution >= 0.6 is 24.0 Å². The second-order valence-corrected chi connectivity index (χ2v) is 8.33. The van der Waals surface area contributed by atoms with Crippen LogP contribution < -0.4 is 10.6 Å². The summed E-state index contributed by atoms with van der Waals surface area (Å²) in [7, 11) is -1.25. The molecule has 0 aliphatic heterocycles. The topological polar surface area (TPSA) is 70.6 Å². The summed E-state index contributed by atoms with van der Waals surface area (Å²) in [5.74, 6) is 0.816. The van der Waals surface area contributed by atoms with Gasteiger partial charge in [-0.1, -0.05) is 24.3 Å². The second kappa shape index (κ2) is 8.71. The SMILES string of the molecule is CN=C(NCc1ccc(CS(C)(=O)=O)cc1)NC(C)(C)C.I. The molecule has 7 heteroatoms. The molecule has 22 heavy (non-hydrogen) atoms. The van der Waals surface area contributed by atoms with E-state index in [1.165, 1.54) is 6.26 Å². The van der Waals surface area contributed by atoms with E-state index in [1.54, 1.807) is 7.05 Å². The number of hydrogen-bond donors (Lipinski definition) is 2. The van der Waals surface area contributed by atoms with Gasteiger partial charge >= 0.3 is 0 Å². The molecular weight excluding hydrogens is 413 g/mol. The van der Waals surface area contributed by atoms with Crippen molar-refractivity contribution in [2.45, 2.75) is 38.6 Å². The van der Waals surface area contributed by atoms with Gasteiger partial charge in [0.15, 0.2) is 15.8 Å². The third-order valence-corrected chi connectivity index (χ3v) is 3.49. The van der Waals surface area contributed by atoms with Crippen molar-refractivity contribution < 1.29 is 8.42 Å². The Kier molecular flexibility index (Phi) is 8.38. The molecule has 1 aromatic carbocycles. The molecule has 1 rings (SSSR count). The Balaban J connectivity index is 0.00000441. The van der Waals surface area contributed by atoms with E-state index in [4.69, 9.17) is 0 Å². The van der Waals surface area contributed by atoms with Gasteiger partial charge in [0.05, 0.1) is 5.75 Å². The van der Waals surface area contributed by atoms with Crippen molar-refractivity contribution in [3.05, 3.63) is 35.4 Å². The van der Waals surface area contributed by atoms with Gasteiger partial charge in [-0.25, -0.2) is 8.42 Å². The largest absolute Gasteiger partial charge is 0.352 e. The zero-order valence-corrected chi connectivity index (χ0v) is 17.0. The van der Waals surface area contributed by atoms with Gasteiger partial charge in [0.25, 0.3) is 0 Å². The molecular formula is C15H26IN3O2S. The number of sulfone groups is 1. The van der Waals surface area contributed by atoms with E-state index >= 15 is 0 Å². The van der Waals surface area contributed by atoms with E-state index in [2.05, 4.69) is 36.4 Å². The molecule has 0 heterocycles. The number of nitrogens with zero attached hydrogens (tertiary/aromatic N) is 1. The average molecular weight is 439 g/mol. The van der Waals surface area contributed by atoms with Gasteiger partial charge in [0.2, 0.25) is 0 Å². The van der Waals surface area contributed by atoms with Crippen molar-refractivity contribution in [3.8, 4) is 0 Å². The first-order valence-electron chi connectivity index (χ1n) is 6.83. The predicted molar refractivity (Wildman–Crippen MR) is 103 cm³/mol. The molecule has 0 unspecified atom stereocenters. The monoisotopic (exact) mass is 439 g/mol. The van der Waals surface area contributed by atoms with E-state index in [1.807, 2.05) is 24.3 Å². The lowest BCUT2D eigenvalue weighted by atomic mass is 10.1. The number of guanidine groups is 1. The number of nitrogens with one attached hydrogen (secondary N) is 2. The quantitative estimate of drug-likeness (QED) is 0.429. The van der Waals surface area contributed by atoms with Gasteiger partial charge in [0, 0.05) is 25.4 Å². The zero-order chi connectivity index (χ0) is 16.1. The third-order valence-electron chi connectivity index (χ3n) is 2.63. The van der Waals surface area contributed by atoms with Gasteiger partial charge in [-0.3, -0.25) is 4.99 Å². The molecule has 0 aliphatic carbocycles. The van der Waals surface area contributed by atoms with E-state index in [9.17, 15) is 8.42 Å². The molecule has 0 saturated carbocycles. The van der Waals surface area contributed by atoms with Gasteiger partial charge < -0.3 is 10.6 Å². The Morgan fingerprint density at radius 2 is 1.64 bits per heavy atom. The summed E-state index contributed by atoms with van der Waals surface area (Å²) >= 11 is 0. The van der Waals surface area contributed by atoms with Crippen LogP contribution in [0.15, 0.2) is 29.3 Å². The average Bonchev–Trinajstić information content (AvgIpc) is 2.33. The summed E-state index contributed by atoms with van der Waals surface area (Å²) < 4.78 is 22.5. The maximum atomic E-state index is 11.2. The summed E-state index contributed by atoms with van der Waals surface area (Å²) in [5, 5.41) is 6.51. The Hall–Kier alpha value is -0.830. The first-order chi connectivity index (χ1) is 9.59. The zero-order valence-electron chi connectivity index (χ0n) is 13.8. The molecule has 0 bridgehead atoms. The molecule has 0 radical (unpaired) electrons. The van der Waals surface area contributed by atoms with Gasteiger partial charge in [-0.05, 0) is 31.9 Å². The van der Waals surface area contributed by atoms with Crippen LogP contribution in [0.25, 0.3) is 0 Å². The van der Waals surface area contributed by atoms with Gasteiger partial charge in [-0.2, -0.15) is 0 Å². The molecule has 2 N–H and O–H groups in total. The molecule has 0 saturated heterocycles. The molecule has 0 atom stereocenters. The number of aliphatic imine (C=N–C) groups is 1. The molecule has 5 nitrogen and oxygen atoms in total. The van der Waals surface area contributed by atoms with E-state index in [0.29, 0.717) is 6.54 Å². The second-order valence-electron chi connectivity index (χ2n) is 6.19. The van der Waals surface area contributed by atoms with Crippen molar-refractivity contribution in [1.82, 2.24) is 10.6 Å². The normalized spacial score (nSPS) is 12.5. The summed E-state index contributed by atoms with van der Waals surface area (Å²) in [5.41, 5.74) is 1.82. The lowest BCUT2D eigenvalue weighted by Gasteiger charge is -2.23. The molecule has 126 valence electrons. The minimum atomic E-state index is -2.98. The fourth-order valence-corrected chi connectivity index (χ4v) is 2.57. The molecule has 0 amide bonds. The first-order valence-corrected chi connectivity index (χ1v) is 8.89. The molecule has 1 aromatic rings. The lowest BCUT2D eigenvalue weighted by molar-refractivity contribution is 0.501. The Bertz CT molecular complexity index is 590. The highest BCUT2D eigenvalue weighted by Crippen LogP contribution is 2.08. The Morgan fingerprint density at radius 3 is 2.05 bits per heavy atom. The highest BCUT2D eigenvalue weighted by Gasteiger charge is 2.11. The number of benzene rings is 1. The van der Waals surface area contributed by atoms with Crippen molar-refractivity contribution in [1.29, 1.82) is 0 Å². The standard InChI is InChI=1S/C15H25N3O2S.HI/c1-15(2,3)18-14(16-4)17-10-12-6-8-13(9-7-12)11-21(5,19)20;/h6-9H,10-11H2,1-5H3,(H2,16,17,18);1H. The van der Waals surface area contributed by atoms with E-state index in [-0.39, 0.29) is 35.3 Å². The fraction of sp³-hybridized carbons (Fsp3) is 0.533. The van der Waals surface area contributed by atoms with Crippen LogP contribution in [-0.4, -0.2) is 33.2 Å². The molecule has 0 aromatic heterocycles. The van der Waals surface area contributed by atoms with Crippen molar-refractivity contribution in [2.24, 2.45) is 4.99 Å². The summed E-state index contributed by atoms with van der Waals surface area (Å²) in [6, 6.07) is 7.55. The van der Waals surface area contributed by atoms with Crippen LogP contribution in [0.5, 0.6) is 0 Å². The van der Waals surface area contributed by atoms with Crippen LogP contribution in [0.3, 0.4) is 0 Å².